The molecule has 0 aliphatic rings. The standard InChI is InChI=1S/C12H24N2O3S/c1-10(5-6-11(15)16)9-14-12(17)13-7-3-4-8-18-2/h10H,3-9H2,1-2H3,(H,15,16)(H2,13,14,17). The van der Waals surface area contributed by atoms with E-state index in [-0.39, 0.29) is 18.4 Å². The van der Waals surface area contributed by atoms with Crippen molar-refractivity contribution in [1.29, 1.82) is 0 Å². The summed E-state index contributed by atoms with van der Waals surface area (Å²) in [5, 5.41) is 14.1. The molecule has 0 bridgehead atoms. The van der Waals surface area contributed by atoms with Gasteiger partial charge in [-0.3, -0.25) is 4.79 Å². The number of nitrogens with one attached hydrogen (secondary N) is 2. The fraction of sp³-hybridized carbons (Fsp3) is 0.833. The summed E-state index contributed by atoms with van der Waals surface area (Å²) >= 11 is 1.81. The van der Waals surface area contributed by atoms with Gasteiger partial charge in [0.25, 0.3) is 0 Å². The van der Waals surface area contributed by atoms with Gasteiger partial charge < -0.3 is 15.7 Å². The van der Waals surface area contributed by atoms with Crippen LogP contribution in [-0.4, -0.2) is 42.2 Å². The SMILES string of the molecule is CSCCCCNC(=O)NCC(C)CCC(=O)O. The summed E-state index contributed by atoms with van der Waals surface area (Å²) in [6.07, 6.45) is 4.90. The molecule has 0 saturated heterocycles. The summed E-state index contributed by atoms with van der Waals surface area (Å²) < 4.78 is 0. The largest absolute Gasteiger partial charge is 0.481 e. The minimum atomic E-state index is -0.792. The Hall–Kier alpha value is -0.910. The van der Waals surface area contributed by atoms with Gasteiger partial charge in [-0.2, -0.15) is 11.8 Å². The summed E-state index contributed by atoms with van der Waals surface area (Å²) in [5.41, 5.74) is 0. The lowest BCUT2D eigenvalue weighted by Crippen LogP contribution is -2.38. The van der Waals surface area contributed by atoms with Crippen LogP contribution < -0.4 is 10.6 Å². The normalized spacial score (nSPS) is 11.9. The summed E-state index contributed by atoms with van der Waals surface area (Å²) in [6, 6.07) is -0.165. The molecule has 0 aromatic heterocycles. The van der Waals surface area contributed by atoms with E-state index < -0.39 is 5.97 Å². The van der Waals surface area contributed by atoms with Crippen molar-refractivity contribution in [2.75, 3.05) is 25.1 Å². The van der Waals surface area contributed by atoms with Gasteiger partial charge >= 0.3 is 12.0 Å². The van der Waals surface area contributed by atoms with Crippen LogP contribution in [0.1, 0.15) is 32.6 Å². The topological polar surface area (TPSA) is 78.4 Å². The van der Waals surface area contributed by atoms with Crippen molar-refractivity contribution in [3.63, 3.8) is 0 Å². The fourth-order valence-electron chi connectivity index (χ4n) is 1.37. The van der Waals surface area contributed by atoms with Crippen molar-refractivity contribution in [2.45, 2.75) is 32.6 Å². The van der Waals surface area contributed by atoms with Crippen LogP contribution in [0.3, 0.4) is 0 Å². The molecule has 18 heavy (non-hydrogen) atoms. The van der Waals surface area contributed by atoms with Crippen LogP contribution in [0.15, 0.2) is 0 Å². The maximum atomic E-state index is 11.4. The second kappa shape index (κ2) is 11.2. The number of rotatable bonds is 10. The molecule has 6 heteroatoms. The predicted octanol–water partition coefficient (Wildman–Crippen LogP) is 1.93. The number of carbonyl (C=O) groups is 2. The van der Waals surface area contributed by atoms with E-state index in [1.807, 2.05) is 6.92 Å². The molecule has 0 fully saturated rings. The van der Waals surface area contributed by atoms with Gasteiger partial charge in [0.15, 0.2) is 0 Å². The van der Waals surface area contributed by atoms with Crippen molar-refractivity contribution in [1.82, 2.24) is 10.6 Å². The molecular formula is C12H24N2O3S. The molecule has 106 valence electrons. The molecule has 0 aliphatic heterocycles. The van der Waals surface area contributed by atoms with E-state index in [4.69, 9.17) is 5.11 Å². The monoisotopic (exact) mass is 276 g/mol. The van der Waals surface area contributed by atoms with E-state index in [9.17, 15) is 9.59 Å². The van der Waals surface area contributed by atoms with Gasteiger partial charge in [0.2, 0.25) is 0 Å². The minimum Gasteiger partial charge on any atom is -0.481 e. The van der Waals surface area contributed by atoms with Gasteiger partial charge in [0.1, 0.15) is 0 Å². The Morgan fingerprint density at radius 1 is 1.28 bits per heavy atom. The van der Waals surface area contributed by atoms with E-state index in [0.717, 1.165) is 18.6 Å². The molecule has 0 rings (SSSR count). The van der Waals surface area contributed by atoms with Gasteiger partial charge in [-0.05, 0) is 37.2 Å². The average molecular weight is 276 g/mol. The van der Waals surface area contributed by atoms with E-state index in [2.05, 4.69) is 16.9 Å². The molecule has 1 unspecified atom stereocenters. The molecule has 0 aromatic rings. The zero-order chi connectivity index (χ0) is 13.8. The summed E-state index contributed by atoms with van der Waals surface area (Å²) in [6.45, 7) is 3.14. The van der Waals surface area contributed by atoms with Crippen LogP contribution in [0.25, 0.3) is 0 Å². The quantitative estimate of drug-likeness (QED) is 0.533. The van der Waals surface area contributed by atoms with Crippen LogP contribution >= 0.6 is 11.8 Å². The molecule has 0 aliphatic carbocycles. The number of aliphatic carboxylic acids is 1. The van der Waals surface area contributed by atoms with E-state index >= 15 is 0 Å². The van der Waals surface area contributed by atoms with E-state index in [1.165, 1.54) is 0 Å². The average Bonchev–Trinajstić information content (AvgIpc) is 2.33. The summed E-state index contributed by atoms with van der Waals surface area (Å²) in [7, 11) is 0. The van der Waals surface area contributed by atoms with Crippen molar-refractivity contribution < 1.29 is 14.7 Å². The number of hydrogen-bond donors (Lipinski definition) is 3. The number of carbonyl (C=O) groups excluding carboxylic acids is 1. The van der Waals surface area contributed by atoms with Gasteiger partial charge in [0, 0.05) is 19.5 Å². The van der Waals surface area contributed by atoms with Crippen LogP contribution in [0.5, 0.6) is 0 Å². The lowest BCUT2D eigenvalue weighted by atomic mass is 10.1. The van der Waals surface area contributed by atoms with Crippen LogP contribution in [-0.2, 0) is 4.79 Å². The first-order valence-electron chi connectivity index (χ1n) is 6.28. The Bertz CT molecular complexity index is 249. The van der Waals surface area contributed by atoms with Gasteiger partial charge in [-0.1, -0.05) is 6.92 Å². The molecule has 5 nitrogen and oxygen atoms in total. The molecular weight excluding hydrogens is 252 g/mol. The van der Waals surface area contributed by atoms with Crippen molar-refractivity contribution in [2.24, 2.45) is 5.92 Å². The molecule has 0 radical (unpaired) electrons. The van der Waals surface area contributed by atoms with Crippen molar-refractivity contribution in [3.05, 3.63) is 0 Å². The first kappa shape index (κ1) is 17.1. The molecule has 2 amide bonds. The highest BCUT2D eigenvalue weighted by molar-refractivity contribution is 7.98. The number of hydrogen-bond acceptors (Lipinski definition) is 3. The maximum Gasteiger partial charge on any atom is 0.314 e. The number of carboxylic acids is 1. The second-order valence-corrected chi connectivity index (χ2v) is 5.36. The Morgan fingerprint density at radius 3 is 2.61 bits per heavy atom. The molecule has 1 atom stereocenters. The Labute approximate surface area is 113 Å². The number of thioether (sulfide) groups is 1. The Balaban J connectivity index is 3.43. The third-order valence-electron chi connectivity index (χ3n) is 2.52. The molecule has 0 saturated carbocycles. The second-order valence-electron chi connectivity index (χ2n) is 4.37. The summed E-state index contributed by atoms with van der Waals surface area (Å²) in [5.74, 6) is 0.513. The third-order valence-corrected chi connectivity index (χ3v) is 3.22. The zero-order valence-corrected chi connectivity index (χ0v) is 12.0. The van der Waals surface area contributed by atoms with E-state index in [0.29, 0.717) is 19.5 Å². The number of urea groups is 1. The first-order valence-corrected chi connectivity index (χ1v) is 7.68. The smallest absolute Gasteiger partial charge is 0.314 e. The zero-order valence-electron chi connectivity index (χ0n) is 11.2. The lowest BCUT2D eigenvalue weighted by molar-refractivity contribution is -0.137. The molecule has 0 aromatic carbocycles. The number of carboxylic acid groups (broad SMARTS) is 1. The number of amides is 2. The van der Waals surface area contributed by atoms with Crippen LogP contribution in [0, 0.1) is 5.92 Å². The minimum absolute atomic E-state index is 0.152. The van der Waals surface area contributed by atoms with Crippen LogP contribution in [0.2, 0.25) is 0 Å². The molecule has 0 spiro atoms. The van der Waals surface area contributed by atoms with Gasteiger partial charge in [-0.25, -0.2) is 4.79 Å². The highest BCUT2D eigenvalue weighted by Crippen LogP contribution is 2.03. The highest BCUT2D eigenvalue weighted by Gasteiger charge is 2.07. The first-order chi connectivity index (χ1) is 8.56. The van der Waals surface area contributed by atoms with Gasteiger partial charge in [-0.15, -0.1) is 0 Å². The highest BCUT2D eigenvalue weighted by atomic mass is 32.2. The Kier molecular flexibility index (Phi) is 10.6. The van der Waals surface area contributed by atoms with Crippen LogP contribution in [0.4, 0.5) is 4.79 Å². The summed E-state index contributed by atoms with van der Waals surface area (Å²) in [4.78, 5) is 21.7. The maximum absolute atomic E-state index is 11.4. The van der Waals surface area contributed by atoms with Crippen molar-refractivity contribution in [3.8, 4) is 0 Å². The predicted molar refractivity (Wildman–Crippen MR) is 75.1 cm³/mol. The number of unbranched alkanes of at least 4 members (excludes halogenated alkanes) is 1. The lowest BCUT2D eigenvalue weighted by Gasteiger charge is -2.12. The molecule has 0 heterocycles. The third kappa shape index (κ3) is 11.6. The molecule has 3 N–H and O–H groups in total. The van der Waals surface area contributed by atoms with E-state index in [1.54, 1.807) is 11.8 Å². The fourth-order valence-corrected chi connectivity index (χ4v) is 1.87. The Morgan fingerprint density at radius 2 is 2.00 bits per heavy atom. The van der Waals surface area contributed by atoms with Crippen molar-refractivity contribution >= 4 is 23.8 Å². The van der Waals surface area contributed by atoms with Gasteiger partial charge in [0.05, 0.1) is 0 Å².